The summed E-state index contributed by atoms with van der Waals surface area (Å²) in [4.78, 5) is 0. The lowest BCUT2D eigenvalue weighted by atomic mass is 11.1. The van der Waals surface area contributed by atoms with Gasteiger partial charge in [0.05, 0.1) is 0 Å². The Morgan fingerprint density at radius 1 is 0.692 bits per heavy atom. The van der Waals surface area contributed by atoms with Crippen LogP contribution in [0.4, 0.5) is 26.3 Å². The molecule has 0 N–H and O–H groups in total. The van der Waals surface area contributed by atoms with E-state index in [9.17, 15) is 34.8 Å². The first-order valence-corrected chi connectivity index (χ1v) is 3.86. The van der Waals surface area contributed by atoms with Gasteiger partial charge in [0.1, 0.15) is 0 Å². The summed E-state index contributed by atoms with van der Waals surface area (Å²) in [5.74, 6) is 0. The molecule has 0 aliphatic heterocycles. The van der Waals surface area contributed by atoms with Crippen molar-refractivity contribution in [3.05, 3.63) is 22.5 Å². The van der Waals surface area contributed by atoms with E-state index in [1.807, 2.05) is 0 Å². The monoisotopic (exact) mass is 226 g/mol. The zero-order valence-corrected chi connectivity index (χ0v) is 6.31. The molecule has 0 atom stereocenters. The Morgan fingerprint density at radius 3 is 1.08 bits per heavy atom. The van der Waals surface area contributed by atoms with Gasteiger partial charge < -0.3 is 0 Å². The average Bonchev–Trinajstić information content (AvgIpc) is 2.01. The summed E-state index contributed by atoms with van der Waals surface area (Å²) in [6.45, 7) is 0. The third kappa shape index (κ3) is 2.47. The molecular weight excluding hydrogens is 226 g/mol. The molecule has 0 aromatic carbocycles. The van der Waals surface area contributed by atoms with E-state index >= 15 is 0 Å². The standard InChI is InChI=1S/C4F6O2S/c5-1(6)3(9)13(11,12)4(10)2(7)8. The summed E-state index contributed by atoms with van der Waals surface area (Å²) in [6.07, 6.45) is -6.78. The zero-order valence-electron chi connectivity index (χ0n) is 5.49. The number of rotatable bonds is 2. The first kappa shape index (κ1) is 12.0. The van der Waals surface area contributed by atoms with Gasteiger partial charge in [-0.05, 0) is 0 Å². The molecule has 0 aromatic heterocycles. The van der Waals surface area contributed by atoms with Gasteiger partial charge in [0.15, 0.2) is 0 Å². The Kier molecular flexibility index (Phi) is 3.52. The summed E-state index contributed by atoms with van der Waals surface area (Å²) in [5.41, 5.74) is 0. The minimum Gasteiger partial charge on any atom is -0.213 e. The van der Waals surface area contributed by atoms with Crippen molar-refractivity contribution in [2.75, 3.05) is 0 Å². The van der Waals surface area contributed by atoms with Gasteiger partial charge in [-0.15, -0.1) is 0 Å². The molecule has 0 aromatic rings. The maximum Gasteiger partial charge on any atom is 0.318 e. The van der Waals surface area contributed by atoms with E-state index < -0.39 is 32.3 Å². The molecule has 0 saturated heterocycles. The van der Waals surface area contributed by atoms with E-state index in [4.69, 9.17) is 0 Å². The molecule has 0 aliphatic carbocycles. The number of halogens is 6. The molecular formula is C4F6O2S. The fourth-order valence-electron chi connectivity index (χ4n) is 0.282. The smallest absolute Gasteiger partial charge is 0.213 e. The Balaban J connectivity index is 5.53. The van der Waals surface area contributed by atoms with Gasteiger partial charge in [-0.2, -0.15) is 26.3 Å². The van der Waals surface area contributed by atoms with Crippen LogP contribution in [0.2, 0.25) is 0 Å². The van der Waals surface area contributed by atoms with Crippen molar-refractivity contribution in [2.24, 2.45) is 0 Å². The molecule has 0 fully saturated rings. The van der Waals surface area contributed by atoms with Crippen LogP contribution >= 0.6 is 0 Å². The predicted octanol–water partition coefficient (Wildman–Crippen LogP) is 2.47. The number of hydrogen-bond donors (Lipinski definition) is 0. The van der Waals surface area contributed by atoms with Gasteiger partial charge in [0, 0.05) is 0 Å². The zero-order chi connectivity index (χ0) is 10.8. The van der Waals surface area contributed by atoms with Crippen LogP contribution in [0.5, 0.6) is 0 Å². The van der Waals surface area contributed by atoms with Crippen LogP contribution in [0.25, 0.3) is 0 Å². The lowest BCUT2D eigenvalue weighted by molar-refractivity contribution is 0.382. The highest BCUT2D eigenvalue weighted by atomic mass is 32.2. The molecule has 2 nitrogen and oxygen atoms in total. The molecule has 0 bridgehead atoms. The highest BCUT2D eigenvalue weighted by molar-refractivity contribution is 7.98. The van der Waals surface area contributed by atoms with Crippen LogP contribution in [0, 0.1) is 0 Å². The summed E-state index contributed by atoms with van der Waals surface area (Å²) in [6, 6.07) is 0. The molecule has 13 heavy (non-hydrogen) atoms. The SMILES string of the molecule is O=S(=O)(C(F)=C(F)F)C(F)=C(F)F. The van der Waals surface area contributed by atoms with Gasteiger partial charge in [0.25, 0.3) is 20.2 Å². The highest BCUT2D eigenvalue weighted by Crippen LogP contribution is 2.27. The molecule has 0 unspecified atom stereocenters. The van der Waals surface area contributed by atoms with E-state index in [-0.39, 0.29) is 0 Å². The Labute approximate surface area is 68.1 Å². The summed E-state index contributed by atoms with van der Waals surface area (Å²) < 4.78 is 88.8. The lowest BCUT2D eigenvalue weighted by Gasteiger charge is -1.94. The Morgan fingerprint density at radius 2 is 0.923 bits per heavy atom. The topological polar surface area (TPSA) is 34.1 Å². The molecule has 0 aliphatic rings. The molecule has 0 saturated carbocycles. The molecule has 0 radical (unpaired) electrons. The van der Waals surface area contributed by atoms with Crippen molar-refractivity contribution in [2.45, 2.75) is 0 Å². The maximum atomic E-state index is 11.8. The minimum absolute atomic E-state index is 3.22. The fourth-order valence-corrected chi connectivity index (χ4v) is 0.845. The number of sulfone groups is 1. The first-order chi connectivity index (χ1) is 5.71. The quantitative estimate of drug-likeness (QED) is 0.678. The third-order valence-corrected chi connectivity index (χ3v) is 2.02. The van der Waals surface area contributed by atoms with Crippen LogP contribution < -0.4 is 0 Å². The maximum absolute atomic E-state index is 11.8. The fraction of sp³-hybridized carbons (Fsp3) is 0. The van der Waals surface area contributed by atoms with Gasteiger partial charge >= 0.3 is 12.2 Å². The van der Waals surface area contributed by atoms with Crippen LogP contribution in [0.15, 0.2) is 22.5 Å². The third-order valence-electron chi connectivity index (χ3n) is 0.769. The lowest BCUT2D eigenvalue weighted by Crippen LogP contribution is -2.02. The Hall–Kier alpha value is -0.990. The average molecular weight is 226 g/mol. The second kappa shape index (κ2) is 3.81. The van der Waals surface area contributed by atoms with Crippen molar-refractivity contribution < 1.29 is 34.8 Å². The van der Waals surface area contributed by atoms with Gasteiger partial charge in [-0.1, -0.05) is 0 Å². The van der Waals surface area contributed by atoms with E-state index in [0.717, 1.165) is 0 Å². The van der Waals surface area contributed by atoms with E-state index in [0.29, 0.717) is 0 Å². The summed E-state index contributed by atoms with van der Waals surface area (Å²) in [5, 5.41) is -6.45. The molecule has 9 heteroatoms. The van der Waals surface area contributed by atoms with E-state index in [1.165, 1.54) is 0 Å². The van der Waals surface area contributed by atoms with Crippen molar-refractivity contribution in [1.29, 1.82) is 0 Å². The van der Waals surface area contributed by atoms with Gasteiger partial charge in [-0.25, -0.2) is 8.42 Å². The summed E-state index contributed by atoms with van der Waals surface area (Å²) in [7, 11) is -6.01. The first-order valence-electron chi connectivity index (χ1n) is 2.38. The second-order valence-electron chi connectivity index (χ2n) is 1.57. The molecule has 76 valence electrons. The summed E-state index contributed by atoms with van der Waals surface area (Å²) >= 11 is 0. The molecule has 0 heterocycles. The highest BCUT2D eigenvalue weighted by Gasteiger charge is 2.32. The van der Waals surface area contributed by atoms with Crippen LogP contribution in [0.1, 0.15) is 0 Å². The largest absolute Gasteiger partial charge is 0.318 e. The van der Waals surface area contributed by atoms with E-state index in [2.05, 4.69) is 0 Å². The van der Waals surface area contributed by atoms with Crippen molar-refractivity contribution in [3.8, 4) is 0 Å². The van der Waals surface area contributed by atoms with Crippen LogP contribution in [-0.2, 0) is 9.84 Å². The van der Waals surface area contributed by atoms with Crippen molar-refractivity contribution >= 4 is 9.84 Å². The van der Waals surface area contributed by atoms with E-state index in [1.54, 1.807) is 0 Å². The predicted molar refractivity (Wildman–Crippen MR) is 29.6 cm³/mol. The van der Waals surface area contributed by atoms with Crippen LogP contribution in [0.3, 0.4) is 0 Å². The number of hydrogen-bond acceptors (Lipinski definition) is 2. The Bertz CT molecular complexity index is 328. The minimum atomic E-state index is -6.01. The normalized spacial score (nSPS) is 10.9. The van der Waals surface area contributed by atoms with Crippen molar-refractivity contribution in [1.82, 2.24) is 0 Å². The second-order valence-corrected chi connectivity index (χ2v) is 3.30. The molecule has 0 spiro atoms. The van der Waals surface area contributed by atoms with Gasteiger partial charge in [0.2, 0.25) is 0 Å². The molecule has 0 amide bonds. The van der Waals surface area contributed by atoms with Crippen LogP contribution in [-0.4, -0.2) is 8.42 Å². The van der Waals surface area contributed by atoms with Crippen molar-refractivity contribution in [3.63, 3.8) is 0 Å². The molecule has 0 rings (SSSR count). The van der Waals surface area contributed by atoms with Gasteiger partial charge in [-0.3, -0.25) is 0 Å².